The molecule has 1 aliphatic rings. The highest BCUT2D eigenvalue weighted by molar-refractivity contribution is 6.42. The summed E-state index contributed by atoms with van der Waals surface area (Å²) in [6, 6.07) is 5.77. The molecular formula is C15H20Cl2O. The van der Waals surface area contributed by atoms with Crippen LogP contribution in [0.4, 0.5) is 0 Å². The molecule has 0 heterocycles. The molecule has 0 saturated heterocycles. The molecule has 1 saturated carbocycles. The predicted octanol–water partition coefficient (Wildman–Crippen LogP) is 4.72. The Kier molecular flexibility index (Phi) is 4.94. The quantitative estimate of drug-likeness (QED) is 0.852. The minimum absolute atomic E-state index is 0.165. The van der Waals surface area contributed by atoms with Gasteiger partial charge < -0.3 is 5.11 Å². The number of aliphatic hydroxyl groups excluding tert-OH is 1. The second kappa shape index (κ2) is 6.27. The highest BCUT2D eigenvalue weighted by Crippen LogP contribution is 2.34. The summed E-state index contributed by atoms with van der Waals surface area (Å²) in [6.07, 6.45) is 5.17. The second-order valence-corrected chi connectivity index (χ2v) is 6.18. The first-order valence-electron chi connectivity index (χ1n) is 6.72. The van der Waals surface area contributed by atoms with E-state index in [0.717, 1.165) is 31.6 Å². The number of aliphatic hydroxyl groups is 1. The molecule has 0 bridgehead atoms. The summed E-state index contributed by atoms with van der Waals surface area (Å²) in [5, 5.41) is 11.3. The van der Waals surface area contributed by atoms with Gasteiger partial charge in [-0.05, 0) is 55.2 Å². The van der Waals surface area contributed by atoms with Crippen LogP contribution in [0.25, 0.3) is 0 Å². The van der Waals surface area contributed by atoms with E-state index < -0.39 is 0 Å². The SMILES string of the molecule is CCC1CCC(O)C(Cc2ccc(Cl)c(Cl)c2)C1. The molecule has 0 aromatic heterocycles. The molecule has 2 rings (SSSR count). The van der Waals surface area contributed by atoms with Crippen LogP contribution in [0, 0.1) is 11.8 Å². The first-order chi connectivity index (χ1) is 8.60. The monoisotopic (exact) mass is 286 g/mol. The van der Waals surface area contributed by atoms with E-state index >= 15 is 0 Å². The minimum atomic E-state index is -0.165. The van der Waals surface area contributed by atoms with Gasteiger partial charge in [0.2, 0.25) is 0 Å². The predicted molar refractivity (Wildman–Crippen MR) is 77.3 cm³/mol. The molecule has 3 heteroatoms. The number of hydrogen-bond donors (Lipinski definition) is 1. The molecule has 1 N–H and O–H groups in total. The minimum Gasteiger partial charge on any atom is -0.393 e. The van der Waals surface area contributed by atoms with Crippen LogP contribution in [0.15, 0.2) is 18.2 Å². The van der Waals surface area contributed by atoms with Crippen molar-refractivity contribution in [3.05, 3.63) is 33.8 Å². The van der Waals surface area contributed by atoms with Crippen LogP contribution >= 0.6 is 23.2 Å². The standard InChI is InChI=1S/C15H20Cl2O/c1-2-10-4-6-15(18)12(7-10)8-11-3-5-13(16)14(17)9-11/h3,5,9-10,12,15,18H,2,4,6-8H2,1H3. The Hall–Kier alpha value is -0.240. The molecule has 1 fully saturated rings. The van der Waals surface area contributed by atoms with Gasteiger partial charge in [-0.1, -0.05) is 42.6 Å². The van der Waals surface area contributed by atoms with Crippen molar-refractivity contribution in [1.29, 1.82) is 0 Å². The lowest BCUT2D eigenvalue weighted by Crippen LogP contribution is -2.30. The van der Waals surface area contributed by atoms with E-state index in [-0.39, 0.29) is 6.10 Å². The molecule has 1 nitrogen and oxygen atoms in total. The van der Waals surface area contributed by atoms with Crippen molar-refractivity contribution < 1.29 is 5.11 Å². The smallest absolute Gasteiger partial charge is 0.0595 e. The molecule has 3 unspecified atom stereocenters. The number of halogens is 2. The van der Waals surface area contributed by atoms with Gasteiger partial charge >= 0.3 is 0 Å². The third kappa shape index (κ3) is 3.40. The lowest BCUT2D eigenvalue weighted by molar-refractivity contribution is 0.0475. The van der Waals surface area contributed by atoms with Gasteiger partial charge in [-0.15, -0.1) is 0 Å². The molecule has 1 aliphatic carbocycles. The fourth-order valence-corrected chi connectivity index (χ4v) is 3.23. The fraction of sp³-hybridized carbons (Fsp3) is 0.600. The molecule has 0 radical (unpaired) electrons. The second-order valence-electron chi connectivity index (χ2n) is 5.37. The zero-order valence-corrected chi connectivity index (χ0v) is 12.2. The molecule has 1 aromatic carbocycles. The molecule has 18 heavy (non-hydrogen) atoms. The Bertz CT molecular complexity index is 405. The maximum absolute atomic E-state index is 10.1. The van der Waals surface area contributed by atoms with Gasteiger partial charge in [0.05, 0.1) is 16.1 Å². The van der Waals surface area contributed by atoms with E-state index in [1.54, 1.807) is 0 Å². The summed E-state index contributed by atoms with van der Waals surface area (Å²) < 4.78 is 0. The first-order valence-corrected chi connectivity index (χ1v) is 7.47. The number of hydrogen-bond acceptors (Lipinski definition) is 1. The summed E-state index contributed by atoms with van der Waals surface area (Å²) in [5.41, 5.74) is 1.17. The lowest BCUT2D eigenvalue weighted by atomic mass is 9.76. The Morgan fingerprint density at radius 1 is 1.22 bits per heavy atom. The number of rotatable bonds is 3. The van der Waals surface area contributed by atoms with E-state index in [4.69, 9.17) is 23.2 Å². The fourth-order valence-electron chi connectivity index (χ4n) is 2.90. The zero-order valence-electron chi connectivity index (χ0n) is 10.7. The van der Waals surface area contributed by atoms with E-state index in [1.165, 1.54) is 12.0 Å². The zero-order chi connectivity index (χ0) is 13.1. The van der Waals surface area contributed by atoms with Gasteiger partial charge in [-0.2, -0.15) is 0 Å². The van der Waals surface area contributed by atoms with Crippen LogP contribution in [0.1, 0.15) is 38.2 Å². The van der Waals surface area contributed by atoms with Gasteiger partial charge in [0.15, 0.2) is 0 Å². The van der Waals surface area contributed by atoms with E-state index in [1.807, 2.05) is 18.2 Å². The normalized spacial score (nSPS) is 28.3. The van der Waals surface area contributed by atoms with Crippen molar-refractivity contribution in [2.45, 2.75) is 45.1 Å². The van der Waals surface area contributed by atoms with E-state index in [0.29, 0.717) is 16.0 Å². The van der Waals surface area contributed by atoms with Crippen molar-refractivity contribution in [2.24, 2.45) is 11.8 Å². The van der Waals surface area contributed by atoms with Crippen molar-refractivity contribution in [3.8, 4) is 0 Å². The maximum atomic E-state index is 10.1. The largest absolute Gasteiger partial charge is 0.393 e. The topological polar surface area (TPSA) is 20.2 Å². The van der Waals surface area contributed by atoms with Crippen molar-refractivity contribution in [2.75, 3.05) is 0 Å². The van der Waals surface area contributed by atoms with Crippen LogP contribution < -0.4 is 0 Å². The van der Waals surface area contributed by atoms with Crippen LogP contribution in [0.2, 0.25) is 10.0 Å². The summed E-state index contributed by atoms with van der Waals surface area (Å²) in [6.45, 7) is 2.23. The van der Waals surface area contributed by atoms with Crippen molar-refractivity contribution in [3.63, 3.8) is 0 Å². The van der Waals surface area contributed by atoms with Crippen LogP contribution in [0.3, 0.4) is 0 Å². The molecule has 3 atom stereocenters. The Morgan fingerprint density at radius 2 is 2.00 bits per heavy atom. The molecule has 100 valence electrons. The van der Waals surface area contributed by atoms with Crippen LogP contribution in [-0.2, 0) is 6.42 Å². The van der Waals surface area contributed by atoms with E-state index in [2.05, 4.69) is 6.92 Å². The highest BCUT2D eigenvalue weighted by Gasteiger charge is 2.28. The lowest BCUT2D eigenvalue weighted by Gasteiger charge is -2.33. The molecule has 0 amide bonds. The Morgan fingerprint density at radius 3 is 2.67 bits per heavy atom. The van der Waals surface area contributed by atoms with E-state index in [9.17, 15) is 5.11 Å². The molecule has 0 spiro atoms. The summed E-state index contributed by atoms with van der Waals surface area (Å²) in [5.74, 6) is 1.13. The summed E-state index contributed by atoms with van der Waals surface area (Å²) >= 11 is 11.9. The third-order valence-electron chi connectivity index (χ3n) is 4.11. The number of benzene rings is 1. The first kappa shape index (κ1) is 14.2. The average Bonchev–Trinajstić information content (AvgIpc) is 2.36. The van der Waals surface area contributed by atoms with Crippen molar-refractivity contribution >= 4 is 23.2 Å². The van der Waals surface area contributed by atoms with Gasteiger partial charge in [-0.3, -0.25) is 0 Å². The van der Waals surface area contributed by atoms with Crippen LogP contribution in [-0.4, -0.2) is 11.2 Å². The summed E-state index contributed by atoms with van der Waals surface area (Å²) in [7, 11) is 0. The highest BCUT2D eigenvalue weighted by atomic mass is 35.5. The van der Waals surface area contributed by atoms with Gasteiger partial charge in [0, 0.05) is 0 Å². The van der Waals surface area contributed by atoms with Crippen molar-refractivity contribution in [1.82, 2.24) is 0 Å². The molecular weight excluding hydrogens is 267 g/mol. The van der Waals surface area contributed by atoms with Crippen LogP contribution in [0.5, 0.6) is 0 Å². The third-order valence-corrected chi connectivity index (χ3v) is 4.85. The Balaban J connectivity index is 2.04. The Labute approximate surface area is 119 Å². The maximum Gasteiger partial charge on any atom is 0.0595 e. The summed E-state index contributed by atoms with van der Waals surface area (Å²) in [4.78, 5) is 0. The molecule has 0 aliphatic heterocycles. The average molecular weight is 287 g/mol. The van der Waals surface area contributed by atoms with Gasteiger partial charge in [0.25, 0.3) is 0 Å². The molecule has 1 aromatic rings. The van der Waals surface area contributed by atoms with Gasteiger partial charge in [0.1, 0.15) is 0 Å². The van der Waals surface area contributed by atoms with Gasteiger partial charge in [-0.25, -0.2) is 0 Å².